The van der Waals surface area contributed by atoms with Crippen LogP contribution in [0.1, 0.15) is 51.1 Å². The van der Waals surface area contributed by atoms with Crippen LogP contribution in [-0.4, -0.2) is 53.0 Å². The third-order valence-corrected chi connectivity index (χ3v) is 7.61. The van der Waals surface area contributed by atoms with Gasteiger partial charge in [-0.05, 0) is 49.3 Å². The second-order valence-corrected chi connectivity index (χ2v) is 11.3. The van der Waals surface area contributed by atoms with Gasteiger partial charge in [0.05, 0.1) is 17.4 Å². The zero-order valence-corrected chi connectivity index (χ0v) is 18.4. The van der Waals surface area contributed by atoms with Crippen molar-refractivity contribution in [2.75, 3.05) is 6.26 Å². The fourth-order valence-electron chi connectivity index (χ4n) is 4.56. The molecule has 0 radical (unpaired) electrons. The highest BCUT2D eigenvalue weighted by atomic mass is 32.2. The molecule has 1 heterocycles. The Morgan fingerprint density at radius 3 is 2.32 bits per heavy atom. The summed E-state index contributed by atoms with van der Waals surface area (Å²) in [4.78, 5) is 26.9. The van der Waals surface area contributed by atoms with Gasteiger partial charge < -0.3 is 10.4 Å². The summed E-state index contributed by atoms with van der Waals surface area (Å²) in [5, 5.41) is 21.0. The Morgan fingerprint density at radius 2 is 1.90 bits per heavy atom. The van der Waals surface area contributed by atoms with Crippen molar-refractivity contribution in [1.29, 1.82) is 5.26 Å². The molecule has 8 nitrogen and oxygen atoms in total. The fraction of sp³-hybridized carbons (Fsp3) is 0.571. The summed E-state index contributed by atoms with van der Waals surface area (Å²) >= 11 is 0. The highest BCUT2D eigenvalue weighted by molar-refractivity contribution is 7.91. The van der Waals surface area contributed by atoms with E-state index < -0.39 is 50.0 Å². The van der Waals surface area contributed by atoms with Crippen LogP contribution in [-0.2, 0) is 14.6 Å². The van der Waals surface area contributed by atoms with Crippen LogP contribution in [0.15, 0.2) is 24.3 Å². The number of amides is 2. The van der Waals surface area contributed by atoms with E-state index in [2.05, 4.69) is 11.4 Å². The Labute approximate surface area is 181 Å². The molecule has 0 aromatic heterocycles. The highest BCUT2D eigenvalue weighted by Crippen LogP contribution is 2.49. The number of nitriles is 1. The first-order valence-corrected chi connectivity index (χ1v) is 12.0. The van der Waals surface area contributed by atoms with Crippen LogP contribution in [0.4, 0.5) is 9.18 Å². The van der Waals surface area contributed by atoms with Crippen LogP contribution in [0.25, 0.3) is 0 Å². The monoisotopic (exact) mass is 451 g/mol. The van der Waals surface area contributed by atoms with E-state index >= 15 is 0 Å². The lowest BCUT2D eigenvalue weighted by Crippen LogP contribution is -2.60. The predicted molar refractivity (Wildman–Crippen MR) is 110 cm³/mol. The van der Waals surface area contributed by atoms with E-state index in [0.29, 0.717) is 18.4 Å². The van der Waals surface area contributed by atoms with Crippen LogP contribution >= 0.6 is 0 Å². The largest absolute Gasteiger partial charge is 0.465 e. The van der Waals surface area contributed by atoms with E-state index in [9.17, 15) is 32.8 Å². The van der Waals surface area contributed by atoms with Gasteiger partial charge in [-0.15, -0.1) is 0 Å². The standard InChI is InChI=1S/C21H26FN3O5S/c1-13(2)10-21(18(26)24-20(12-23)8-9-20)11-16(31(3,29)30)17(25(21)19(27)28)14-4-6-15(22)7-5-14/h4-7,13,16-17H,8-11H2,1-3H3,(H,24,26)(H,27,28)/t16-,17+,21+/m0/s1. The molecule has 1 aromatic rings. The molecule has 2 amide bonds. The van der Waals surface area contributed by atoms with Crippen LogP contribution in [0.3, 0.4) is 0 Å². The lowest BCUT2D eigenvalue weighted by Gasteiger charge is -2.39. The minimum atomic E-state index is -3.79. The smallest absolute Gasteiger partial charge is 0.408 e. The molecule has 0 spiro atoms. The van der Waals surface area contributed by atoms with E-state index in [1.54, 1.807) is 0 Å². The van der Waals surface area contributed by atoms with Crippen molar-refractivity contribution in [2.45, 2.75) is 61.9 Å². The molecule has 2 aliphatic rings. The predicted octanol–water partition coefficient (Wildman–Crippen LogP) is 2.62. The maximum absolute atomic E-state index is 13.5. The second-order valence-electron chi connectivity index (χ2n) is 9.00. The maximum atomic E-state index is 13.5. The summed E-state index contributed by atoms with van der Waals surface area (Å²) < 4.78 is 39.0. The van der Waals surface area contributed by atoms with E-state index in [1.807, 2.05) is 13.8 Å². The Morgan fingerprint density at radius 1 is 1.32 bits per heavy atom. The number of halogens is 1. The molecule has 1 aromatic carbocycles. The topological polar surface area (TPSA) is 128 Å². The third-order valence-electron chi connectivity index (χ3n) is 6.08. The first kappa shape index (κ1) is 23.0. The minimum Gasteiger partial charge on any atom is -0.465 e. The molecule has 1 saturated heterocycles. The molecule has 1 aliphatic heterocycles. The molecule has 168 valence electrons. The van der Waals surface area contributed by atoms with E-state index in [-0.39, 0.29) is 18.8 Å². The van der Waals surface area contributed by atoms with Crippen LogP contribution in [0, 0.1) is 23.1 Å². The second kappa shape index (κ2) is 7.79. The molecule has 2 N–H and O–H groups in total. The molecule has 3 rings (SSSR count). The number of rotatable bonds is 6. The van der Waals surface area contributed by atoms with Crippen LogP contribution in [0.5, 0.6) is 0 Å². The SMILES string of the molecule is CC(C)C[C@]1(C(=O)NC2(C#N)CC2)C[C@H](S(C)(=O)=O)[C@@H](c2ccc(F)cc2)N1C(=O)O. The fourth-order valence-corrected chi connectivity index (χ4v) is 5.89. The van der Waals surface area contributed by atoms with Crippen molar-refractivity contribution in [3.63, 3.8) is 0 Å². The number of likely N-dealkylation sites (tertiary alicyclic amines) is 1. The van der Waals surface area contributed by atoms with Crippen LogP contribution in [0.2, 0.25) is 0 Å². The summed E-state index contributed by atoms with van der Waals surface area (Å²) in [6, 6.07) is 5.82. The van der Waals surface area contributed by atoms with Crippen molar-refractivity contribution in [2.24, 2.45) is 5.92 Å². The Kier molecular flexibility index (Phi) is 5.78. The molecule has 2 fully saturated rings. The third kappa shape index (κ3) is 4.24. The molecular weight excluding hydrogens is 425 g/mol. The Bertz CT molecular complexity index is 1030. The van der Waals surface area contributed by atoms with Gasteiger partial charge in [0.1, 0.15) is 16.9 Å². The van der Waals surface area contributed by atoms with E-state index in [1.165, 1.54) is 12.1 Å². The molecule has 0 unspecified atom stereocenters. The normalized spacial score (nSPS) is 27.0. The molecule has 31 heavy (non-hydrogen) atoms. The molecule has 10 heteroatoms. The van der Waals surface area contributed by atoms with Crippen molar-refractivity contribution >= 4 is 21.8 Å². The number of sulfone groups is 1. The van der Waals surface area contributed by atoms with Gasteiger partial charge in [0.2, 0.25) is 5.91 Å². The quantitative estimate of drug-likeness (QED) is 0.684. The summed E-state index contributed by atoms with van der Waals surface area (Å²) in [6.07, 6.45) is 0.309. The lowest BCUT2D eigenvalue weighted by atomic mass is 9.85. The molecule has 1 saturated carbocycles. The molecule has 3 atom stereocenters. The number of nitrogens with one attached hydrogen (secondary N) is 1. The zero-order chi connectivity index (χ0) is 23.2. The van der Waals surface area contributed by atoms with Crippen molar-refractivity contribution in [3.8, 4) is 6.07 Å². The van der Waals surface area contributed by atoms with Gasteiger partial charge in [-0.2, -0.15) is 5.26 Å². The number of benzene rings is 1. The van der Waals surface area contributed by atoms with Gasteiger partial charge in [-0.25, -0.2) is 17.6 Å². The van der Waals surface area contributed by atoms with Crippen molar-refractivity contribution in [3.05, 3.63) is 35.6 Å². The maximum Gasteiger partial charge on any atom is 0.408 e. The number of nitrogens with zero attached hydrogens (tertiary/aromatic N) is 2. The highest BCUT2D eigenvalue weighted by Gasteiger charge is 2.62. The molecule has 0 bridgehead atoms. The average Bonchev–Trinajstić information content (AvgIpc) is 3.33. The van der Waals surface area contributed by atoms with Crippen LogP contribution < -0.4 is 5.32 Å². The first-order valence-electron chi connectivity index (χ1n) is 10.1. The minimum absolute atomic E-state index is 0.0797. The number of carbonyl (C=O) groups excluding carboxylic acids is 1. The number of hydrogen-bond acceptors (Lipinski definition) is 5. The van der Waals surface area contributed by atoms with Gasteiger partial charge >= 0.3 is 6.09 Å². The number of carbonyl (C=O) groups is 2. The molecule has 1 aliphatic carbocycles. The summed E-state index contributed by atoms with van der Waals surface area (Å²) in [6.45, 7) is 3.62. The summed E-state index contributed by atoms with van der Waals surface area (Å²) in [5.41, 5.74) is -2.43. The van der Waals surface area contributed by atoms with Crippen molar-refractivity contribution < 1.29 is 27.5 Å². The summed E-state index contributed by atoms with van der Waals surface area (Å²) in [7, 11) is -3.79. The van der Waals surface area contributed by atoms with Gasteiger partial charge in [-0.1, -0.05) is 26.0 Å². The van der Waals surface area contributed by atoms with E-state index in [0.717, 1.165) is 23.3 Å². The Balaban J connectivity index is 2.18. The van der Waals surface area contributed by atoms with Crippen molar-refractivity contribution in [1.82, 2.24) is 10.2 Å². The van der Waals surface area contributed by atoms with Gasteiger partial charge in [-0.3, -0.25) is 9.69 Å². The van der Waals surface area contributed by atoms with E-state index in [4.69, 9.17) is 0 Å². The summed E-state index contributed by atoms with van der Waals surface area (Å²) in [5.74, 6) is -1.35. The lowest BCUT2D eigenvalue weighted by molar-refractivity contribution is -0.133. The zero-order valence-electron chi connectivity index (χ0n) is 17.6. The number of carboxylic acid groups (broad SMARTS) is 1. The average molecular weight is 452 g/mol. The van der Waals surface area contributed by atoms with Gasteiger partial charge in [0.15, 0.2) is 9.84 Å². The van der Waals surface area contributed by atoms with Gasteiger partial charge in [0.25, 0.3) is 0 Å². The first-order chi connectivity index (χ1) is 14.3. The molecular formula is C21H26FN3O5S. The van der Waals surface area contributed by atoms with Gasteiger partial charge in [0, 0.05) is 6.26 Å². The Hall–Kier alpha value is -2.67. The number of hydrogen-bond donors (Lipinski definition) is 2.